The largest absolute Gasteiger partial charge is 0.492 e. The molecule has 1 aliphatic carbocycles. The molecule has 0 atom stereocenters. The standard InChI is InChI=1S/C14H23N3O3S/c1-17(13-5-6-13)8-7-16-21(18,19)10-9-20-14-4-2-3-12(15)11-14/h2-4,11,13,16H,5-10,15H2,1H3. The van der Waals surface area contributed by atoms with Gasteiger partial charge in [0.05, 0.1) is 5.75 Å². The summed E-state index contributed by atoms with van der Waals surface area (Å²) in [5.41, 5.74) is 6.22. The molecule has 2 rings (SSSR count). The van der Waals surface area contributed by atoms with Gasteiger partial charge in [-0.3, -0.25) is 0 Å². The predicted molar refractivity (Wildman–Crippen MR) is 83.8 cm³/mol. The van der Waals surface area contributed by atoms with Gasteiger partial charge in [-0.15, -0.1) is 0 Å². The summed E-state index contributed by atoms with van der Waals surface area (Å²) in [5.74, 6) is 0.522. The molecule has 1 fully saturated rings. The summed E-state index contributed by atoms with van der Waals surface area (Å²) in [5, 5.41) is 0. The summed E-state index contributed by atoms with van der Waals surface area (Å²) in [6, 6.07) is 7.58. The number of benzene rings is 1. The van der Waals surface area contributed by atoms with Gasteiger partial charge in [0.25, 0.3) is 0 Å². The van der Waals surface area contributed by atoms with E-state index in [0.29, 0.717) is 24.0 Å². The van der Waals surface area contributed by atoms with Crippen LogP contribution in [-0.4, -0.2) is 51.9 Å². The third kappa shape index (κ3) is 5.91. The second-order valence-electron chi connectivity index (χ2n) is 5.35. The Balaban J connectivity index is 1.66. The molecular weight excluding hydrogens is 290 g/mol. The van der Waals surface area contributed by atoms with Gasteiger partial charge >= 0.3 is 0 Å². The van der Waals surface area contributed by atoms with E-state index >= 15 is 0 Å². The molecule has 3 N–H and O–H groups in total. The fraction of sp³-hybridized carbons (Fsp3) is 0.571. The van der Waals surface area contributed by atoms with E-state index in [4.69, 9.17) is 10.5 Å². The lowest BCUT2D eigenvalue weighted by Crippen LogP contribution is -2.36. The van der Waals surface area contributed by atoms with Crippen LogP contribution in [0.15, 0.2) is 24.3 Å². The van der Waals surface area contributed by atoms with E-state index in [2.05, 4.69) is 9.62 Å². The van der Waals surface area contributed by atoms with Crippen LogP contribution < -0.4 is 15.2 Å². The second-order valence-corrected chi connectivity index (χ2v) is 7.27. The molecule has 0 bridgehead atoms. The van der Waals surface area contributed by atoms with Gasteiger partial charge in [0.15, 0.2) is 0 Å². The molecule has 0 radical (unpaired) electrons. The summed E-state index contributed by atoms with van der Waals surface area (Å²) in [4.78, 5) is 2.19. The van der Waals surface area contributed by atoms with Crippen molar-refractivity contribution in [1.29, 1.82) is 0 Å². The number of nitrogen functional groups attached to an aromatic ring is 1. The third-order valence-electron chi connectivity index (χ3n) is 3.44. The monoisotopic (exact) mass is 313 g/mol. The van der Waals surface area contributed by atoms with Crippen LogP contribution in [0.25, 0.3) is 0 Å². The topological polar surface area (TPSA) is 84.7 Å². The van der Waals surface area contributed by atoms with Gasteiger partial charge in [-0.2, -0.15) is 0 Å². The van der Waals surface area contributed by atoms with Crippen molar-refractivity contribution < 1.29 is 13.2 Å². The Morgan fingerprint density at radius 2 is 2.19 bits per heavy atom. The molecule has 0 amide bonds. The van der Waals surface area contributed by atoms with E-state index < -0.39 is 10.0 Å². The van der Waals surface area contributed by atoms with Crippen LogP contribution in [0.1, 0.15) is 12.8 Å². The number of anilines is 1. The molecule has 0 aliphatic heterocycles. The minimum absolute atomic E-state index is 0.0606. The van der Waals surface area contributed by atoms with Crippen molar-refractivity contribution in [3.63, 3.8) is 0 Å². The summed E-state index contributed by atoms with van der Waals surface area (Å²) < 4.78 is 31.6. The van der Waals surface area contributed by atoms with Crippen LogP contribution in [0.2, 0.25) is 0 Å². The molecular formula is C14H23N3O3S. The van der Waals surface area contributed by atoms with Crippen molar-refractivity contribution in [3.05, 3.63) is 24.3 Å². The van der Waals surface area contributed by atoms with E-state index in [-0.39, 0.29) is 12.4 Å². The zero-order valence-corrected chi connectivity index (χ0v) is 13.1. The zero-order valence-electron chi connectivity index (χ0n) is 12.3. The maximum Gasteiger partial charge on any atom is 0.214 e. The van der Waals surface area contributed by atoms with Crippen molar-refractivity contribution in [2.75, 3.05) is 38.2 Å². The minimum Gasteiger partial charge on any atom is -0.492 e. The van der Waals surface area contributed by atoms with Crippen molar-refractivity contribution >= 4 is 15.7 Å². The fourth-order valence-corrected chi connectivity index (χ4v) is 2.87. The molecule has 0 spiro atoms. The highest BCUT2D eigenvalue weighted by Crippen LogP contribution is 2.24. The Labute approximate surface area is 126 Å². The quantitative estimate of drug-likeness (QED) is 0.654. The lowest BCUT2D eigenvalue weighted by Gasteiger charge is -2.15. The predicted octanol–water partition coefficient (Wildman–Crippen LogP) is 0.661. The summed E-state index contributed by atoms with van der Waals surface area (Å²) in [7, 11) is -1.27. The number of hydrogen-bond acceptors (Lipinski definition) is 5. The van der Waals surface area contributed by atoms with Crippen molar-refractivity contribution in [2.45, 2.75) is 18.9 Å². The first-order valence-electron chi connectivity index (χ1n) is 7.12. The molecule has 0 heterocycles. The molecule has 1 aromatic rings. The first-order valence-corrected chi connectivity index (χ1v) is 8.77. The van der Waals surface area contributed by atoms with Gasteiger partial charge < -0.3 is 15.4 Å². The normalized spacial score (nSPS) is 15.3. The lowest BCUT2D eigenvalue weighted by atomic mass is 10.3. The molecule has 6 nitrogen and oxygen atoms in total. The summed E-state index contributed by atoms with van der Waals surface area (Å²) >= 11 is 0. The number of ether oxygens (including phenoxy) is 1. The molecule has 21 heavy (non-hydrogen) atoms. The molecule has 1 aliphatic rings. The Kier molecular flexibility index (Phi) is 5.44. The van der Waals surface area contributed by atoms with Crippen molar-refractivity contribution in [1.82, 2.24) is 9.62 Å². The first kappa shape index (κ1) is 16.1. The van der Waals surface area contributed by atoms with Crippen LogP contribution in [0, 0.1) is 0 Å². The lowest BCUT2D eigenvalue weighted by molar-refractivity contribution is 0.327. The highest BCUT2D eigenvalue weighted by Gasteiger charge is 2.25. The van der Waals surface area contributed by atoms with Gasteiger partial charge in [0.2, 0.25) is 10.0 Å². The van der Waals surface area contributed by atoms with Gasteiger partial charge in [-0.25, -0.2) is 13.1 Å². The number of nitrogens with zero attached hydrogens (tertiary/aromatic N) is 1. The molecule has 0 aromatic heterocycles. The third-order valence-corrected chi connectivity index (χ3v) is 4.78. The number of rotatable bonds is 9. The Hall–Kier alpha value is -1.31. The SMILES string of the molecule is CN(CCNS(=O)(=O)CCOc1cccc(N)c1)C1CC1. The average molecular weight is 313 g/mol. The van der Waals surface area contributed by atoms with Crippen LogP contribution in [0.5, 0.6) is 5.75 Å². The molecule has 118 valence electrons. The van der Waals surface area contributed by atoms with Crippen LogP contribution in [0.4, 0.5) is 5.69 Å². The summed E-state index contributed by atoms with van der Waals surface area (Å²) in [6.07, 6.45) is 2.44. The molecule has 0 unspecified atom stereocenters. The van der Waals surface area contributed by atoms with Crippen LogP contribution in [-0.2, 0) is 10.0 Å². The Morgan fingerprint density at radius 3 is 2.86 bits per heavy atom. The van der Waals surface area contributed by atoms with Crippen molar-refractivity contribution in [2.24, 2.45) is 0 Å². The van der Waals surface area contributed by atoms with Crippen LogP contribution >= 0.6 is 0 Å². The van der Waals surface area contributed by atoms with Crippen LogP contribution in [0.3, 0.4) is 0 Å². The Bertz CT molecular complexity index is 558. The van der Waals surface area contributed by atoms with E-state index in [1.54, 1.807) is 24.3 Å². The first-order chi connectivity index (χ1) is 9.96. The summed E-state index contributed by atoms with van der Waals surface area (Å²) in [6.45, 7) is 1.28. The van der Waals surface area contributed by atoms with E-state index in [1.807, 2.05) is 7.05 Å². The van der Waals surface area contributed by atoms with Gasteiger partial charge in [0.1, 0.15) is 12.4 Å². The van der Waals surface area contributed by atoms with Crippen molar-refractivity contribution in [3.8, 4) is 5.75 Å². The average Bonchev–Trinajstić information content (AvgIpc) is 3.22. The minimum atomic E-state index is -3.30. The highest BCUT2D eigenvalue weighted by atomic mass is 32.2. The highest BCUT2D eigenvalue weighted by molar-refractivity contribution is 7.89. The molecule has 0 saturated heterocycles. The van der Waals surface area contributed by atoms with E-state index in [9.17, 15) is 8.42 Å². The smallest absolute Gasteiger partial charge is 0.214 e. The molecule has 1 saturated carbocycles. The molecule has 1 aromatic carbocycles. The number of sulfonamides is 1. The van der Waals surface area contributed by atoms with Gasteiger partial charge in [0, 0.05) is 30.9 Å². The van der Waals surface area contributed by atoms with E-state index in [1.165, 1.54) is 12.8 Å². The number of nitrogens with one attached hydrogen (secondary N) is 1. The molecule has 7 heteroatoms. The maximum absolute atomic E-state index is 11.8. The maximum atomic E-state index is 11.8. The number of likely N-dealkylation sites (N-methyl/N-ethyl adjacent to an activating group) is 1. The second kappa shape index (κ2) is 7.11. The van der Waals surface area contributed by atoms with E-state index in [0.717, 1.165) is 6.54 Å². The fourth-order valence-electron chi connectivity index (χ4n) is 2.02. The number of nitrogens with two attached hydrogens (primary N) is 1. The Morgan fingerprint density at radius 1 is 1.43 bits per heavy atom. The number of hydrogen-bond donors (Lipinski definition) is 2. The van der Waals surface area contributed by atoms with Gasteiger partial charge in [-0.1, -0.05) is 6.07 Å². The van der Waals surface area contributed by atoms with Gasteiger partial charge in [-0.05, 0) is 32.0 Å². The zero-order chi connectivity index (χ0) is 15.3.